The average Bonchev–Trinajstić information content (AvgIpc) is 2.18. The first-order chi connectivity index (χ1) is 6.31. The van der Waals surface area contributed by atoms with E-state index in [0.29, 0.717) is 0 Å². The number of aryl methyl sites for hydroxylation is 1. The third kappa shape index (κ3) is 1.59. The van der Waals surface area contributed by atoms with Crippen LogP contribution in [0.1, 0.15) is 12.5 Å². The van der Waals surface area contributed by atoms with Crippen molar-refractivity contribution in [1.29, 1.82) is 0 Å². The summed E-state index contributed by atoms with van der Waals surface area (Å²) in [6.45, 7) is 2.14. The minimum absolute atomic E-state index is 1.04. The second kappa shape index (κ2) is 3.46. The van der Waals surface area contributed by atoms with E-state index >= 15 is 0 Å². The lowest BCUT2D eigenvalue weighted by Crippen LogP contribution is -1.85. The maximum absolute atomic E-state index is 4.40. The summed E-state index contributed by atoms with van der Waals surface area (Å²) in [5.41, 5.74) is 2.32. The van der Waals surface area contributed by atoms with Crippen LogP contribution >= 0.6 is 15.9 Å². The highest BCUT2D eigenvalue weighted by Crippen LogP contribution is 2.22. The van der Waals surface area contributed by atoms with E-state index in [4.69, 9.17) is 0 Å². The van der Waals surface area contributed by atoms with Gasteiger partial charge in [-0.15, -0.1) is 0 Å². The van der Waals surface area contributed by atoms with Gasteiger partial charge >= 0.3 is 0 Å². The van der Waals surface area contributed by atoms with Crippen LogP contribution in [0, 0.1) is 0 Å². The molecule has 0 bridgehead atoms. The van der Waals surface area contributed by atoms with Gasteiger partial charge in [0.05, 0.1) is 5.52 Å². The third-order valence-corrected chi connectivity index (χ3v) is 2.77. The van der Waals surface area contributed by atoms with Gasteiger partial charge in [0, 0.05) is 16.1 Å². The molecule has 0 radical (unpaired) electrons. The summed E-state index contributed by atoms with van der Waals surface area (Å²) in [6.07, 6.45) is 2.97. The van der Waals surface area contributed by atoms with Crippen LogP contribution in [-0.4, -0.2) is 4.98 Å². The first-order valence-corrected chi connectivity index (χ1v) is 5.13. The molecule has 1 heterocycles. The normalized spacial score (nSPS) is 10.6. The summed E-state index contributed by atoms with van der Waals surface area (Å²) in [6, 6.07) is 8.33. The third-order valence-electron chi connectivity index (χ3n) is 2.13. The lowest BCUT2D eigenvalue weighted by atomic mass is 10.1. The number of para-hydroxylation sites is 1. The summed E-state index contributed by atoms with van der Waals surface area (Å²) in [7, 11) is 0. The van der Waals surface area contributed by atoms with Crippen LogP contribution in [-0.2, 0) is 6.42 Å². The van der Waals surface area contributed by atoms with E-state index in [0.717, 1.165) is 16.4 Å². The van der Waals surface area contributed by atoms with Crippen molar-refractivity contribution in [3.63, 3.8) is 0 Å². The molecule has 0 amide bonds. The van der Waals surface area contributed by atoms with Gasteiger partial charge in [-0.1, -0.05) is 19.1 Å². The number of hydrogen-bond donors (Lipinski definition) is 0. The van der Waals surface area contributed by atoms with Gasteiger partial charge in [-0.25, -0.2) is 0 Å². The smallest absolute Gasteiger partial charge is 0.0844 e. The second-order valence-corrected chi connectivity index (χ2v) is 3.86. The fourth-order valence-electron chi connectivity index (χ4n) is 1.36. The average molecular weight is 236 g/mol. The Morgan fingerprint density at radius 2 is 2.23 bits per heavy atom. The van der Waals surface area contributed by atoms with Crippen LogP contribution in [0.4, 0.5) is 0 Å². The Morgan fingerprint density at radius 1 is 1.38 bits per heavy atom. The van der Waals surface area contributed by atoms with Crippen molar-refractivity contribution in [3.8, 4) is 0 Å². The zero-order valence-electron chi connectivity index (χ0n) is 7.42. The molecule has 2 rings (SSSR count). The summed E-state index contributed by atoms with van der Waals surface area (Å²) in [4.78, 5) is 4.40. The molecular weight excluding hydrogens is 226 g/mol. The number of fused-ring (bicyclic) bond motifs is 1. The summed E-state index contributed by atoms with van der Waals surface area (Å²) in [5.74, 6) is 0. The molecule has 13 heavy (non-hydrogen) atoms. The Kier molecular flexibility index (Phi) is 2.32. The molecule has 0 unspecified atom stereocenters. The number of halogens is 1. The summed E-state index contributed by atoms with van der Waals surface area (Å²) in [5, 5.41) is 1.20. The van der Waals surface area contributed by atoms with Crippen molar-refractivity contribution < 1.29 is 0 Å². The van der Waals surface area contributed by atoms with Crippen LogP contribution < -0.4 is 0 Å². The molecule has 2 heteroatoms. The zero-order chi connectivity index (χ0) is 9.26. The number of benzene rings is 1. The molecule has 0 aliphatic heterocycles. The molecule has 0 saturated heterocycles. The van der Waals surface area contributed by atoms with E-state index in [2.05, 4.69) is 40.0 Å². The highest BCUT2D eigenvalue weighted by molar-refractivity contribution is 9.10. The Labute approximate surface area is 85.9 Å². The summed E-state index contributed by atoms with van der Waals surface area (Å²) < 4.78 is 1.06. The number of aromatic nitrogens is 1. The van der Waals surface area contributed by atoms with Gasteiger partial charge in [0.2, 0.25) is 0 Å². The summed E-state index contributed by atoms with van der Waals surface area (Å²) >= 11 is 3.48. The number of nitrogens with zero attached hydrogens (tertiary/aromatic N) is 1. The fourth-order valence-corrected chi connectivity index (χ4v) is 1.85. The number of pyridine rings is 1. The highest BCUT2D eigenvalue weighted by Gasteiger charge is 1.99. The molecule has 0 N–H and O–H groups in total. The predicted molar refractivity (Wildman–Crippen MR) is 58.8 cm³/mol. The van der Waals surface area contributed by atoms with Gasteiger partial charge in [0.15, 0.2) is 0 Å². The van der Waals surface area contributed by atoms with Crippen molar-refractivity contribution >= 4 is 26.8 Å². The minimum atomic E-state index is 1.04. The molecule has 1 aromatic heterocycles. The fraction of sp³-hybridized carbons (Fsp3) is 0.182. The molecule has 0 aliphatic carbocycles. The van der Waals surface area contributed by atoms with Crippen molar-refractivity contribution in [1.82, 2.24) is 4.98 Å². The van der Waals surface area contributed by atoms with E-state index < -0.39 is 0 Å². The van der Waals surface area contributed by atoms with Crippen LogP contribution in [0.25, 0.3) is 10.9 Å². The lowest BCUT2D eigenvalue weighted by Gasteiger charge is -2.01. The lowest BCUT2D eigenvalue weighted by molar-refractivity contribution is 1.12. The largest absolute Gasteiger partial charge is 0.255 e. The molecule has 1 aromatic carbocycles. The van der Waals surface area contributed by atoms with Crippen LogP contribution in [0.5, 0.6) is 0 Å². The van der Waals surface area contributed by atoms with E-state index in [1.165, 1.54) is 10.9 Å². The van der Waals surface area contributed by atoms with E-state index in [-0.39, 0.29) is 0 Å². The first-order valence-electron chi connectivity index (χ1n) is 4.34. The van der Waals surface area contributed by atoms with Crippen molar-refractivity contribution in [3.05, 3.63) is 40.5 Å². The Morgan fingerprint density at radius 3 is 3.00 bits per heavy atom. The number of hydrogen-bond acceptors (Lipinski definition) is 1. The van der Waals surface area contributed by atoms with Crippen LogP contribution in [0.2, 0.25) is 0 Å². The highest BCUT2D eigenvalue weighted by atomic mass is 79.9. The van der Waals surface area contributed by atoms with Gasteiger partial charge in [-0.05, 0) is 40.0 Å². The molecule has 0 atom stereocenters. The molecule has 0 fully saturated rings. The van der Waals surface area contributed by atoms with Crippen molar-refractivity contribution in [2.24, 2.45) is 0 Å². The van der Waals surface area contributed by atoms with Crippen LogP contribution in [0.3, 0.4) is 0 Å². The monoisotopic (exact) mass is 235 g/mol. The topological polar surface area (TPSA) is 12.9 Å². The van der Waals surface area contributed by atoms with Gasteiger partial charge in [0.1, 0.15) is 0 Å². The first kappa shape index (κ1) is 8.70. The quantitative estimate of drug-likeness (QED) is 0.737. The van der Waals surface area contributed by atoms with E-state index in [9.17, 15) is 0 Å². The van der Waals surface area contributed by atoms with Gasteiger partial charge < -0.3 is 0 Å². The zero-order valence-corrected chi connectivity index (χ0v) is 9.01. The minimum Gasteiger partial charge on any atom is -0.255 e. The SMILES string of the molecule is CCc1cnc2c(Br)cccc2c1. The number of rotatable bonds is 1. The van der Waals surface area contributed by atoms with Crippen LogP contribution in [0.15, 0.2) is 34.9 Å². The standard InChI is InChI=1S/C11H10BrN/c1-2-8-6-9-4-3-5-10(12)11(9)13-7-8/h3-7H,2H2,1H3. The Hall–Kier alpha value is -0.890. The van der Waals surface area contributed by atoms with Gasteiger partial charge in [-0.2, -0.15) is 0 Å². The molecule has 66 valence electrons. The van der Waals surface area contributed by atoms with Gasteiger partial charge in [0.25, 0.3) is 0 Å². The maximum atomic E-state index is 4.40. The Bertz CT molecular complexity index is 437. The molecule has 0 aliphatic rings. The van der Waals surface area contributed by atoms with Crippen molar-refractivity contribution in [2.45, 2.75) is 13.3 Å². The molecule has 0 spiro atoms. The predicted octanol–water partition coefficient (Wildman–Crippen LogP) is 3.56. The molecular formula is C11H10BrN. The molecule has 1 nitrogen and oxygen atoms in total. The van der Waals surface area contributed by atoms with E-state index in [1.807, 2.05) is 18.3 Å². The molecule has 2 aromatic rings. The Balaban J connectivity index is 2.72. The van der Waals surface area contributed by atoms with Crippen molar-refractivity contribution in [2.75, 3.05) is 0 Å². The van der Waals surface area contributed by atoms with E-state index in [1.54, 1.807) is 0 Å². The second-order valence-electron chi connectivity index (χ2n) is 3.01. The van der Waals surface area contributed by atoms with Gasteiger partial charge in [-0.3, -0.25) is 4.98 Å². The molecule has 0 saturated carbocycles. The maximum Gasteiger partial charge on any atom is 0.0844 e.